The minimum absolute atomic E-state index is 0.0708. The number of hydrogen-bond acceptors (Lipinski definition) is 5. The number of methoxy groups -OCH3 is 2. The molecule has 28 heavy (non-hydrogen) atoms. The second-order valence-electron chi connectivity index (χ2n) is 7.33. The Morgan fingerprint density at radius 2 is 2.14 bits per heavy atom. The van der Waals surface area contributed by atoms with E-state index in [1.807, 2.05) is 12.1 Å². The van der Waals surface area contributed by atoms with Crippen molar-refractivity contribution in [3.05, 3.63) is 34.9 Å². The molecule has 0 bridgehead atoms. The van der Waals surface area contributed by atoms with E-state index < -0.39 is 6.04 Å². The topological polar surface area (TPSA) is 67.9 Å². The number of rotatable bonds is 6. The molecule has 2 atom stereocenters. The normalized spacial score (nSPS) is 23.1. The lowest BCUT2D eigenvalue weighted by molar-refractivity contribution is -0.124. The molecule has 2 amide bonds. The SMILES string of the molecule is COc1ccc2c(c1OC)C(=O)N1C(C(=O)NCCC3=CCCCC3)CSC21. The van der Waals surface area contributed by atoms with Gasteiger partial charge < -0.3 is 19.7 Å². The number of allylic oxidation sites excluding steroid dienone is 1. The fraction of sp³-hybridized carbons (Fsp3) is 0.524. The molecule has 1 N–H and O–H groups in total. The molecule has 1 aliphatic carbocycles. The lowest BCUT2D eigenvalue weighted by Crippen LogP contribution is -2.46. The largest absolute Gasteiger partial charge is 0.493 e. The van der Waals surface area contributed by atoms with Crippen LogP contribution in [0.15, 0.2) is 23.8 Å². The van der Waals surface area contributed by atoms with Crippen LogP contribution in [0.2, 0.25) is 0 Å². The van der Waals surface area contributed by atoms with Crippen LogP contribution in [0.1, 0.15) is 53.4 Å². The van der Waals surface area contributed by atoms with Crippen molar-refractivity contribution in [3.63, 3.8) is 0 Å². The Bertz CT molecular complexity index is 823. The number of hydrogen-bond donors (Lipinski definition) is 1. The van der Waals surface area contributed by atoms with E-state index in [1.54, 1.807) is 23.8 Å². The van der Waals surface area contributed by atoms with Crippen LogP contribution < -0.4 is 14.8 Å². The van der Waals surface area contributed by atoms with Gasteiger partial charge >= 0.3 is 0 Å². The summed E-state index contributed by atoms with van der Waals surface area (Å²) in [5, 5.41) is 2.90. The van der Waals surface area contributed by atoms with Gasteiger partial charge in [0.25, 0.3) is 5.91 Å². The fourth-order valence-electron chi connectivity index (χ4n) is 4.29. The molecule has 0 saturated carbocycles. The first-order valence-electron chi connectivity index (χ1n) is 9.80. The van der Waals surface area contributed by atoms with E-state index in [-0.39, 0.29) is 17.2 Å². The van der Waals surface area contributed by atoms with Gasteiger partial charge in [-0.3, -0.25) is 9.59 Å². The van der Waals surface area contributed by atoms with Crippen LogP contribution in [-0.2, 0) is 4.79 Å². The van der Waals surface area contributed by atoms with Gasteiger partial charge in [-0.15, -0.1) is 11.8 Å². The van der Waals surface area contributed by atoms with Crippen molar-refractivity contribution in [3.8, 4) is 11.5 Å². The minimum Gasteiger partial charge on any atom is -0.493 e. The Balaban J connectivity index is 1.46. The van der Waals surface area contributed by atoms with Crippen molar-refractivity contribution in [2.75, 3.05) is 26.5 Å². The van der Waals surface area contributed by atoms with E-state index in [1.165, 1.54) is 25.5 Å². The summed E-state index contributed by atoms with van der Waals surface area (Å²) in [7, 11) is 3.09. The van der Waals surface area contributed by atoms with Gasteiger partial charge in [-0.2, -0.15) is 0 Å². The molecule has 2 unspecified atom stereocenters. The monoisotopic (exact) mass is 402 g/mol. The first-order valence-corrected chi connectivity index (χ1v) is 10.8. The summed E-state index contributed by atoms with van der Waals surface area (Å²) < 4.78 is 10.8. The summed E-state index contributed by atoms with van der Waals surface area (Å²) in [4.78, 5) is 27.7. The Morgan fingerprint density at radius 1 is 1.29 bits per heavy atom. The van der Waals surface area contributed by atoms with Crippen LogP contribution in [0.25, 0.3) is 0 Å². The number of benzene rings is 1. The van der Waals surface area contributed by atoms with Crippen molar-refractivity contribution < 1.29 is 19.1 Å². The number of amides is 2. The van der Waals surface area contributed by atoms with Crippen molar-refractivity contribution in [2.24, 2.45) is 0 Å². The third kappa shape index (κ3) is 3.26. The standard InChI is InChI=1S/C21H26N2O4S/c1-26-16-9-8-14-17(18(16)27-2)20(25)23-15(12-28-21(14)23)19(24)22-11-10-13-6-4-3-5-7-13/h6,8-9,15,21H,3-5,7,10-12H2,1-2H3,(H,22,24). The Kier molecular flexibility index (Phi) is 5.53. The Labute approximate surface area is 169 Å². The molecule has 2 aliphatic heterocycles. The highest BCUT2D eigenvalue weighted by atomic mass is 32.2. The second-order valence-corrected chi connectivity index (χ2v) is 8.44. The molecule has 0 radical (unpaired) electrons. The molecule has 150 valence electrons. The van der Waals surface area contributed by atoms with Crippen molar-refractivity contribution in [2.45, 2.75) is 43.5 Å². The van der Waals surface area contributed by atoms with Crippen molar-refractivity contribution in [1.29, 1.82) is 0 Å². The van der Waals surface area contributed by atoms with Gasteiger partial charge in [0.2, 0.25) is 5.91 Å². The Morgan fingerprint density at radius 3 is 2.86 bits per heavy atom. The maximum atomic E-state index is 13.1. The average molecular weight is 403 g/mol. The zero-order valence-corrected chi connectivity index (χ0v) is 17.1. The van der Waals surface area contributed by atoms with Crippen LogP contribution in [0.3, 0.4) is 0 Å². The molecule has 1 aromatic carbocycles. The average Bonchev–Trinajstić information content (AvgIpc) is 3.28. The Hall–Kier alpha value is -2.15. The number of ether oxygens (including phenoxy) is 2. The molecule has 0 aromatic heterocycles. The minimum atomic E-state index is -0.453. The van der Waals surface area contributed by atoms with Crippen LogP contribution >= 0.6 is 11.8 Å². The van der Waals surface area contributed by atoms with E-state index >= 15 is 0 Å². The van der Waals surface area contributed by atoms with Gasteiger partial charge in [0.15, 0.2) is 11.5 Å². The van der Waals surface area contributed by atoms with Crippen molar-refractivity contribution in [1.82, 2.24) is 10.2 Å². The fourth-order valence-corrected chi connectivity index (χ4v) is 5.75. The molecule has 4 rings (SSSR count). The highest BCUT2D eigenvalue weighted by molar-refractivity contribution is 7.99. The first kappa shape index (κ1) is 19.2. The zero-order chi connectivity index (χ0) is 19.7. The summed E-state index contributed by atoms with van der Waals surface area (Å²) in [6.07, 6.45) is 8.00. The molecule has 6 nitrogen and oxygen atoms in total. The number of carbonyl (C=O) groups is 2. The van der Waals surface area contributed by atoms with Crippen LogP contribution in [0.4, 0.5) is 0 Å². The molecule has 7 heteroatoms. The summed E-state index contributed by atoms with van der Waals surface area (Å²) in [5.41, 5.74) is 2.85. The quantitative estimate of drug-likeness (QED) is 0.740. The number of carbonyl (C=O) groups excluding carboxylic acids is 2. The summed E-state index contributed by atoms with van der Waals surface area (Å²) in [5.74, 6) is 1.36. The van der Waals surface area contributed by atoms with Gasteiger partial charge in [-0.25, -0.2) is 0 Å². The lowest BCUT2D eigenvalue weighted by atomic mass is 9.97. The van der Waals surface area contributed by atoms with Gasteiger partial charge in [0.05, 0.1) is 19.8 Å². The number of fused-ring (bicyclic) bond motifs is 3. The maximum Gasteiger partial charge on any atom is 0.260 e. The molecule has 0 spiro atoms. The van der Waals surface area contributed by atoms with Gasteiger partial charge in [-0.1, -0.05) is 17.7 Å². The second kappa shape index (κ2) is 8.07. The molecule has 1 saturated heterocycles. The van der Waals surface area contributed by atoms with Crippen LogP contribution in [0.5, 0.6) is 11.5 Å². The molecule has 1 fully saturated rings. The molecule has 3 aliphatic rings. The third-order valence-electron chi connectivity index (χ3n) is 5.73. The van der Waals surface area contributed by atoms with Crippen molar-refractivity contribution >= 4 is 23.6 Å². The maximum absolute atomic E-state index is 13.1. The smallest absolute Gasteiger partial charge is 0.260 e. The van der Waals surface area contributed by atoms with Gasteiger partial charge in [0.1, 0.15) is 11.4 Å². The van der Waals surface area contributed by atoms with E-state index in [0.717, 1.165) is 24.8 Å². The van der Waals surface area contributed by atoms with E-state index in [4.69, 9.17) is 9.47 Å². The lowest BCUT2D eigenvalue weighted by Gasteiger charge is -2.23. The van der Waals surface area contributed by atoms with Crippen LogP contribution in [0, 0.1) is 0 Å². The van der Waals surface area contributed by atoms with E-state index in [9.17, 15) is 9.59 Å². The number of thioether (sulfide) groups is 1. The number of nitrogens with one attached hydrogen (secondary N) is 1. The number of nitrogens with zero attached hydrogens (tertiary/aromatic N) is 1. The first-order chi connectivity index (χ1) is 13.7. The molecule has 1 aromatic rings. The predicted molar refractivity (Wildman–Crippen MR) is 109 cm³/mol. The molecular formula is C21H26N2O4S. The highest BCUT2D eigenvalue weighted by Gasteiger charge is 2.50. The van der Waals surface area contributed by atoms with E-state index in [0.29, 0.717) is 29.4 Å². The highest BCUT2D eigenvalue weighted by Crippen LogP contribution is 2.52. The third-order valence-corrected chi connectivity index (χ3v) is 7.03. The molecule has 2 heterocycles. The van der Waals surface area contributed by atoms with Crippen LogP contribution in [-0.4, -0.2) is 49.3 Å². The summed E-state index contributed by atoms with van der Waals surface area (Å²) in [6, 6.07) is 3.27. The summed E-state index contributed by atoms with van der Waals surface area (Å²) >= 11 is 1.63. The summed E-state index contributed by atoms with van der Waals surface area (Å²) in [6.45, 7) is 0.628. The molecular weight excluding hydrogens is 376 g/mol. The predicted octanol–water partition coefficient (Wildman–Crippen LogP) is 3.28. The van der Waals surface area contributed by atoms with Gasteiger partial charge in [-0.05, 0) is 38.2 Å². The zero-order valence-electron chi connectivity index (χ0n) is 16.3. The van der Waals surface area contributed by atoms with Gasteiger partial charge in [0, 0.05) is 17.9 Å². The van der Waals surface area contributed by atoms with E-state index in [2.05, 4.69) is 11.4 Å².